The van der Waals surface area contributed by atoms with Crippen LogP contribution in [0, 0.1) is 6.92 Å². The number of hydrogen-bond donors (Lipinski definition) is 1. The monoisotopic (exact) mass is 373 g/mol. The Kier molecular flexibility index (Phi) is 4.74. The quantitative estimate of drug-likeness (QED) is 0.579. The molecule has 0 spiro atoms. The van der Waals surface area contributed by atoms with Crippen molar-refractivity contribution in [3.63, 3.8) is 0 Å². The van der Waals surface area contributed by atoms with Crippen molar-refractivity contribution in [3.8, 4) is 0 Å². The SMILES string of the molecule is CCCNC(=O)c1ccc2c(c1)n(Cc1ccc(C)cc1)c(=O)c1cccn12. The molecule has 0 unspecified atom stereocenters. The molecule has 0 fully saturated rings. The molecular weight excluding hydrogens is 350 g/mol. The second-order valence-corrected chi connectivity index (χ2v) is 7.10. The van der Waals surface area contributed by atoms with E-state index >= 15 is 0 Å². The number of aromatic nitrogens is 2. The summed E-state index contributed by atoms with van der Waals surface area (Å²) in [5, 5.41) is 2.90. The Balaban J connectivity index is 1.90. The third-order valence-electron chi connectivity index (χ3n) is 5.00. The van der Waals surface area contributed by atoms with Gasteiger partial charge >= 0.3 is 0 Å². The first-order valence-corrected chi connectivity index (χ1v) is 9.56. The number of nitrogens with zero attached hydrogens (tertiary/aromatic N) is 2. The summed E-state index contributed by atoms with van der Waals surface area (Å²) in [7, 11) is 0. The summed E-state index contributed by atoms with van der Waals surface area (Å²) in [6.45, 7) is 5.14. The Bertz CT molecular complexity index is 1220. The van der Waals surface area contributed by atoms with Gasteiger partial charge in [0.1, 0.15) is 5.52 Å². The third kappa shape index (κ3) is 3.20. The van der Waals surface area contributed by atoms with Crippen LogP contribution in [-0.2, 0) is 6.54 Å². The highest BCUT2D eigenvalue weighted by Crippen LogP contribution is 2.19. The van der Waals surface area contributed by atoms with Crippen LogP contribution in [0.5, 0.6) is 0 Å². The van der Waals surface area contributed by atoms with E-state index in [1.807, 2.05) is 79.0 Å². The lowest BCUT2D eigenvalue weighted by molar-refractivity contribution is 0.0954. The molecular formula is C23H23N3O2. The summed E-state index contributed by atoms with van der Waals surface area (Å²) in [4.78, 5) is 25.6. The lowest BCUT2D eigenvalue weighted by Crippen LogP contribution is -2.26. The summed E-state index contributed by atoms with van der Waals surface area (Å²) < 4.78 is 3.64. The maximum Gasteiger partial charge on any atom is 0.275 e. The molecule has 2 aromatic carbocycles. The van der Waals surface area contributed by atoms with Crippen molar-refractivity contribution in [2.24, 2.45) is 0 Å². The van der Waals surface area contributed by atoms with E-state index in [1.54, 1.807) is 4.57 Å². The first-order chi connectivity index (χ1) is 13.6. The van der Waals surface area contributed by atoms with E-state index in [0.717, 1.165) is 23.0 Å². The average Bonchev–Trinajstić information content (AvgIpc) is 3.20. The molecule has 0 aliphatic heterocycles. The zero-order valence-corrected chi connectivity index (χ0v) is 16.1. The summed E-state index contributed by atoms with van der Waals surface area (Å²) >= 11 is 0. The Morgan fingerprint density at radius 2 is 1.79 bits per heavy atom. The topological polar surface area (TPSA) is 55.5 Å². The van der Waals surface area contributed by atoms with Crippen LogP contribution in [0.4, 0.5) is 0 Å². The van der Waals surface area contributed by atoms with Gasteiger partial charge in [0.2, 0.25) is 0 Å². The van der Waals surface area contributed by atoms with Crippen molar-refractivity contribution in [3.05, 3.63) is 87.8 Å². The van der Waals surface area contributed by atoms with Gasteiger partial charge in [-0.2, -0.15) is 0 Å². The van der Waals surface area contributed by atoms with Crippen LogP contribution in [0.2, 0.25) is 0 Å². The standard InChI is InChI=1S/C23H23N3O2/c1-3-12-24-22(27)18-10-11-19-21(14-18)26(15-17-8-6-16(2)7-9-17)23(28)20-5-4-13-25(19)20/h4-11,13-14H,3,12,15H2,1-2H3,(H,24,27). The van der Waals surface area contributed by atoms with E-state index < -0.39 is 0 Å². The number of benzene rings is 2. The second kappa shape index (κ2) is 7.35. The fourth-order valence-electron chi connectivity index (χ4n) is 3.47. The fourth-order valence-corrected chi connectivity index (χ4v) is 3.47. The van der Waals surface area contributed by atoms with E-state index in [2.05, 4.69) is 5.32 Å². The minimum atomic E-state index is -0.120. The van der Waals surface area contributed by atoms with Gasteiger partial charge in [0.25, 0.3) is 11.5 Å². The lowest BCUT2D eigenvalue weighted by atomic mass is 10.1. The van der Waals surface area contributed by atoms with E-state index in [1.165, 1.54) is 5.56 Å². The minimum absolute atomic E-state index is 0.0656. The number of hydrogen-bond acceptors (Lipinski definition) is 2. The molecule has 0 saturated heterocycles. The van der Waals surface area contributed by atoms with Crippen molar-refractivity contribution in [1.29, 1.82) is 0 Å². The zero-order valence-electron chi connectivity index (χ0n) is 16.1. The molecule has 2 heterocycles. The largest absolute Gasteiger partial charge is 0.352 e. The van der Waals surface area contributed by atoms with Gasteiger partial charge in [-0.05, 0) is 49.2 Å². The molecule has 4 rings (SSSR count). The highest BCUT2D eigenvalue weighted by molar-refractivity contribution is 5.97. The number of carbonyl (C=O) groups excluding carboxylic acids is 1. The Morgan fingerprint density at radius 3 is 2.54 bits per heavy atom. The smallest absolute Gasteiger partial charge is 0.275 e. The number of amides is 1. The van der Waals surface area contributed by atoms with E-state index in [0.29, 0.717) is 24.2 Å². The number of nitrogens with one attached hydrogen (secondary N) is 1. The maximum atomic E-state index is 13.2. The highest BCUT2D eigenvalue weighted by atomic mass is 16.1. The molecule has 0 atom stereocenters. The molecule has 0 aliphatic carbocycles. The summed E-state index contributed by atoms with van der Waals surface area (Å²) in [5.74, 6) is -0.120. The molecule has 0 saturated carbocycles. The molecule has 142 valence electrons. The average molecular weight is 373 g/mol. The van der Waals surface area contributed by atoms with Crippen molar-refractivity contribution >= 4 is 22.5 Å². The molecule has 0 radical (unpaired) electrons. The van der Waals surface area contributed by atoms with Crippen molar-refractivity contribution in [1.82, 2.24) is 14.3 Å². The first-order valence-electron chi connectivity index (χ1n) is 9.56. The van der Waals surface area contributed by atoms with Crippen LogP contribution in [0.15, 0.2) is 65.6 Å². The number of fused-ring (bicyclic) bond motifs is 3. The highest BCUT2D eigenvalue weighted by Gasteiger charge is 2.14. The predicted octanol–water partition coefficient (Wildman–Crippen LogP) is 3.75. The molecule has 0 aliphatic rings. The Labute approximate surface area is 163 Å². The van der Waals surface area contributed by atoms with E-state index in [9.17, 15) is 9.59 Å². The van der Waals surface area contributed by atoms with Crippen molar-refractivity contribution in [2.45, 2.75) is 26.8 Å². The van der Waals surface area contributed by atoms with E-state index in [4.69, 9.17) is 0 Å². The van der Waals surface area contributed by atoms with Crippen LogP contribution in [0.3, 0.4) is 0 Å². The van der Waals surface area contributed by atoms with Gasteiger partial charge in [-0.15, -0.1) is 0 Å². The number of rotatable bonds is 5. The second-order valence-electron chi connectivity index (χ2n) is 7.10. The van der Waals surface area contributed by atoms with Crippen LogP contribution in [0.25, 0.3) is 16.6 Å². The Hall–Kier alpha value is -3.34. The molecule has 1 amide bonds. The summed E-state index contributed by atoms with van der Waals surface area (Å²) in [6, 6.07) is 17.4. The van der Waals surface area contributed by atoms with Gasteiger partial charge in [0, 0.05) is 18.3 Å². The van der Waals surface area contributed by atoms with Crippen molar-refractivity contribution < 1.29 is 4.79 Å². The minimum Gasteiger partial charge on any atom is -0.352 e. The normalized spacial score (nSPS) is 11.2. The Morgan fingerprint density at radius 1 is 1.00 bits per heavy atom. The van der Waals surface area contributed by atoms with Gasteiger partial charge in [-0.3, -0.25) is 9.59 Å². The van der Waals surface area contributed by atoms with Crippen LogP contribution in [0.1, 0.15) is 34.8 Å². The van der Waals surface area contributed by atoms with Crippen LogP contribution in [-0.4, -0.2) is 21.4 Å². The molecule has 1 N–H and O–H groups in total. The fraction of sp³-hybridized carbons (Fsp3) is 0.217. The number of carbonyl (C=O) groups is 1. The van der Waals surface area contributed by atoms with Gasteiger partial charge in [0.15, 0.2) is 0 Å². The molecule has 28 heavy (non-hydrogen) atoms. The van der Waals surface area contributed by atoms with Gasteiger partial charge in [0.05, 0.1) is 17.6 Å². The number of aryl methyl sites for hydroxylation is 1. The molecule has 0 bridgehead atoms. The third-order valence-corrected chi connectivity index (χ3v) is 5.00. The molecule has 5 nitrogen and oxygen atoms in total. The molecule has 4 aromatic rings. The first kappa shape index (κ1) is 18.0. The molecule has 5 heteroatoms. The van der Waals surface area contributed by atoms with Crippen molar-refractivity contribution in [2.75, 3.05) is 6.54 Å². The summed E-state index contributed by atoms with van der Waals surface area (Å²) in [5.41, 5.74) is 5.00. The van der Waals surface area contributed by atoms with Crippen LogP contribution >= 0.6 is 0 Å². The van der Waals surface area contributed by atoms with Gasteiger partial charge in [-0.25, -0.2) is 0 Å². The van der Waals surface area contributed by atoms with Gasteiger partial charge < -0.3 is 14.3 Å². The van der Waals surface area contributed by atoms with E-state index in [-0.39, 0.29) is 11.5 Å². The lowest BCUT2D eigenvalue weighted by Gasteiger charge is -2.14. The van der Waals surface area contributed by atoms with Gasteiger partial charge in [-0.1, -0.05) is 36.8 Å². The van der Waals surface area contributed by atoms with Crippen LogP contribution < -0.4 is 10.9 Å². The predicted molar refractivity (Wildman–Crippen MR) is 112 cm³/mol. The molecule has 2 aromatic heterocycles. The maximum absolute atomic E-state index is 13.2. The summed E-state index contributed by atoms with van der Waals surface area (Å²) in [6.07, 6.45) is 2.76. The zero-order chi connectivity index (χ0) is 19.7.